The monoisotopic (exact) mass is 258 g/mol. The number of carbonyl (C=O) groups is 1. The van der Waals surface area contributed by atoms with E-state index in [4.69, 9.17) is 5.11 Å². The van der Waals surface area contributed by atoms with E-state index in [1.165, 1.54) is 0 Å². The van der Waals surface area contributed by atoms with Crippen molar-refractivity contribution in [1.82, 2.24) is 10.2 Å². The molecular formula is C15H18N2O2. The number of amides is 1. The van der Waals surface area contributed by atoms with Crippen molar-refractivity contribution in [3.63, 3.8) is 0 Å². The Labute approximate surface area is 113 Å². The van der Waals surface area contributed by atoms with Crippen molar-refractivity contribution >= 4 is 5.91 Å². The lowest BCUT2D eigenvalue weighted by atomic mass is 10.1. The zero-order chi connectivity index (χ0) is 13.7. The topological polar surface area (TPSA) is 52.6 Å². The van der Waals surface area contributed by atoms with Crippen LogP contribution >= 0.6 is 0 Å². The molecule has 1 aromatic rings. The first-order chi connectivity index (χ1) is 9.20. The highest BCUT2D eigenvalue weighted by Gasteiger charge is 2.22. The van der Waals surface area contributed by atoms with Crippen LogP contribution in [0.15, 0.2) is 24.3 Å². The largest absolute Gasteiger partial charge is 0.384 e. The second-order valence-electron chi connectivity index (χ2n) is 4.73. The maximum atomic E-state index is 12.2. The molecule has 1 aromatic carbocycles. The van der Waals surface area contributed by atoms with Crippen molar-refractivity contribution in [3.05, 3.63) is 35.4 Å². The van der Waals surface area contributed by atoms with E-state index in [1.54, 1.807) is 12.1 Å². The molecule has 1 unspecified atom stereocenters. The number of aliphatic hydroxyl groups is 1. The molecule has 100 valence electrons. The van der Waals surface area contributed by atoms with Gasteiger partial charge in [-0.15, -0.1) is 0 Å². The molecule has 2 N–H and O–H groups in total. The van der Waals surface area contributed by atoms with Gasteiger partial charge in [-0.25, -0.2) is 0 Å². The summed E-state index contributed by atoms with van der Waals surface area (Å²) in [6.07, 6.45) is 0.979. The van der Waals surface area contributed by atoms with E-state index in [0.29, 0.717) is 11.1 Å². The fraction of sp³-hybridized carbons (Fsp3) is 0.400. The van der Waals surface area contributed by atoms with Gasteiger partial charge in [-0.2, -0.15) is 0 Å². The second kappa shape index (κ2) is 6.37. The number of hydrogen-bond donors (Lipinski definition) is 2. The van der Waals surface area contributed by atoms with Gasteiger partial charge in [0.25, 0.3) is 5.91 Å². The van der Waals surface area contributed by atoms with Crippen molar-refractivity contribution in [2.24, 2.45) is 0 Å². The summed E-state index contributed by atoms with van der Waals surface area (Å²) in [5.41, 5.74) is 1.22. The van der Waals surface area contributed by atoms with Gasteiger partial charge >= 0.3 is 0 Å². The first-order valence-electron chi connectivity index (χ1n) is 6.39. The molecule has 0 bridgehead atoms. The Morgan fingerprint density at radius 1 is 1.53 bits per heavy atom. The number of likely N-dealkylation sites (N-methyl/N-ethyl adjacent to an activating group) is 1. The van der Waals surface area contributed by atoms with Crippen LogP contribution in [0.5, 0.6) is 0 Å². The van der Waals surface area contributed by atoms with Crippen molar-refractivity contribution in [2.75, 3.05) is 26.7 Å². The molecule has 2 rings (SSSR count). The van der Waals surface area contributed by atoms with Gasteiger partial charge in [0.15, 0.2) is 0 Å². The molecule has 1 atom stereocenters. The smallest absolute Gasteiger partial charge is 0.252 e. The predicted molar refractivity (Wildman–Crippen MR) is 73.8 cm³/mol. The van der Waals surface area contributed by atoms with Gasteiger partial charge in [0, 0.05) is 18.2 Å². The van der Waals surface area contributed by atoms with Gasteiger partial charge in [0.1, 0.15) is 6.61 Å². The van der Waals surface area contributed by atoms with Crippen LogP contribution < -0.4 is 5.32 Å². The molecule has 0 radical (unpaired) electrons. The van der Waals surface area contributed by atoms with E-state index >= 15 is 0 Å². The number of likely N-dealkylation sites (tertiary alicyclic amines) is 1. The molecule has 19 heavy (non-hydrogen) atoms. The summed E-state index contributed by atoms with van der Waals surface area (Å²) in [6.45, 7) is 1.69. The third-order valence-electron chi connectivity index (χ3n) is 3.20. The summed E-state index contributed by atoms with van der Waals surface area (Å²) >= 11 is 0. The zero-order valence-electron chi connectivity index (χ0n) is 11.0. The van der Waals surface area contributed by atoms with E-state index in [1.807, 2.05) is 19.2 Å². The maximum absolute atomic E-state index is 12.2. The van der Waals surface area contributed by atoms with Crippen molar-refractivity contribution in [3.8, 4) is 11.8 Å². The van der Waals surface area contributed by atoms with E-state index < -0.39 is 0 Å². The minimum atomic E-state index is -0.205. The predicted octanol–water partition coefficient (Wildman–Crippen LogP) is 0.464. The van der Waals surface area contributed by atoms with Crippen LogP contribution in [0.4, 0.5) is 0 Å². The maximum Gasteiger partial charge on any atom is 0.252 e. The van der Waals surface area contributed by atoms with Crippen LogP contribution in [0.2, 0.25) is 0 Å². The highest BCUT2D eigenvalue weighted by molar-refractivity contribution is 5.96. The first-order valence-corrected chi connectivity index (χ1v) is 6.39. The summed E-state index contributed by atoms with van der Waals surface area (Å²) in [6, 6.07) is 7.41. The molecule has 1 saturated heterocycles. The summed E-state index contributed by atoms with van der Waals surface area (Å²) in [5, 5.41) is 11.8. The van der Waals surface area contributed by atoms with Crippen molar-refractivity contribution in [1.29, 1.82) is 0 Å². The number of rotatable bonds is 2. The summed E-state index contributed by atoms with van der Waals surface area (Å²) in [4.78, 5) is 14.4. The molecule has 0 aliphatic carbocycles. The van der Waals surface area contributed by atoms with Gasteiger partial charge in [0.2, 0.25) is 0 Å². The third-order valence-corrected chi connectivity index (χ3v) is 3.20. The number of aliphatic hydroxyl groups excluding tert-OH is 1. The van der Waals surface area contributed by atoms with E-state index in [0.717, 1.165) is 19.5 Å². The Bertz CT molecular complexity index is 516. The molecule has 4 heteroatoms. The molecule has 0 saturated carbocycles. The molecule has 1 heterocycles. The average molecular weight is 258 g/mol. The number of benzene rings is 1. The van der Waals surface area contributed by atoms with Gasteiger partial charge in [0.05, 0.1) is 5.56 Å². The molecule has 1 aliphatic heterocycles. The van der Waals surface area contributed by atoms with Crippen LogP contribution in [-0.2, 0) is 0 Å². The molecule has 0 spiro atoms. The first kappa shape index (κ1) is 13.6. The fourth-order valence-electron chi connectivity index (χ4n) is 2.24. The van der Waals surface area contributed by atoms with E-state index in [9.17, 15) is 4.79 Å². The lowest BCUT2D eigenvalue weighted by Gasteiger charge is -2.13. The lowest BCUT2D eigenvalue weighted by Crippen LogP contribution is -2.36. The standard InChI is InChI=1S/C15H18N2O2/c1-17-9-8-13(11-17)16-15(19)14-7-3-2-5-12(14)6-4-10-18/h2-3,5,7,13,18H,8-11H2,1H3,(H,16,19). The normalized spacial score (nSPS) is 18.7. The SMILES string of the molecule is CN1CCC(NC(=O)c2ccccc2C#CCO)C1. The second-order valence-corrected chi connectivity index (χ2v) is 4.73. The zero-order valence-corrected chi connectivity index (χ0v) is 11.0. The van der Waals surface area contributed by atoms with Crippen LogP contribution in [0.1, 0.15) is 22.3 Å². The minimum absolute atomic E-state index is 0.0943. The minimum Gasteiger partial charge on any atom is -0.384 e. The fourth-order valence-corrected chi connectivity index (χ4v) is 2.24. The van der Waals surface area contributed by atoms with Crippen LogP contribution in [0, 0.1) is 11.8 Å². The van der Waals surface area contributed by atoms with Gasteiger partial charge in [-0.1, -0.05) is 24.0 Å². The van der Waals surface area contributed by atoms with E-state index in [2.05, 4.69) is 22.1 Å². The molecule has 1 aliphatic rings. The quantitative estimate of drug-likeness (QED) is 0.758. The Balaban J connectivity index is 2.10. The van der Waals surface area contributed by atoms with E-state index in [-0.39, 0.29) is 18.6 Å². The highest BCUT2D eigenvalue weighted by atomic mass is 16.2. The summed E-state index contributed by atoms with van der Waals surface area (Å²) in [5.74, 6) is 5.29. The summed E-state index contributed by atoms with van der Waals surface area (Å²) < 4.78 is 0. The molecule has 1 fully saturated rings. The summed E-state index contributed by atoms with van der Waals surface area (Å²) in [7, 11) is 2.05. The Morgan fingerprint density at radius 2 is 2.32 bits per heavy atom. The molecule has 4 nitrogen and oxygen atoms in total. The number of nitrogens with one attached hydrogen (secondary N) is 1. The van der Waals surface area contributed by atoms with Crippen LogP contribution in [-0.4, -0.2) is 48.7 Å². The molecule has 1 amide bonds. The van der Waals surface area contributed by atoms with Gasteiger partial charge in [-0.3, -0.25) is 4.79 Å². The average Bonchev–Trinajstić information content (AvgIpc) is 2.82. The number of carbonyl (C=O) groups excluding carboxylic acids is 1. The van der Waals surface area contributed by atoms with Gasteiger partial charge < -0.3 is 15.3 Å². The number of hydrogen-bond acceptors (Lipinski definition) is 3. The third kappa shape index (κ3) is 3.57. The number of nitrogens with zero attached hydrogens (tertiary/aromatic N) is 1. The Kier molecular flexibility index (Phi) is 4.56. The van der Waals surface area contributed by atoms with Crippen molar-refractivity contribution in [2.45, 2.75) is 12.5 Å². The van der Waals surface area contributed by atoms with Crippen LogP contribution in [0.25, 0.3) is 0 Å². The highest BCUT2D eigenvalue weighted by Crippen LogP contribution is 2.10. The van der Waals surface area contributed by atoms with Gasteiger partial charge in [-0.05, 0) is 32.1 Å². The lowest BCUT2D eigenvalue weighted by molar-refractivity contribution is 0.0938. The Morgan fingerprint density at radius 3 is 3.00 bits per heavy atom. The van der Waals surface area contributed by atoms with Crippen molar-refractivity contribution < 1.29 is 9.90 Å². The Hall–Kier alpha value is -1.83. The molecular weight excluding hydrogens is 240 g/mol. The van der Waals surface area contributed by atoms with Crippen LogP contribution in [0.3, 0.4) is 0 Å². The molecule has 0 aromatic heterocycles.